The molecule has 0 spiro atoms. The minimum atomic E-state index is 0.0978. The highest BCUT2D eigenvalue weighted by Gasteiger charge is 2.31. The van der Waals surface area contributed by atoms with E-state index in [1.54, 1.807) is 29.6 Å². The van der Waals surface area contributed by atoms with Crippen molar-refractivity contribution in [2.24, 2.45) is 5.92 Å². The molecule has 3 aromatic rings. The van der Waals surface area contributed by atoms with Gasteiger partial charge in [0.1, 0.15) is 10.0 Å². The third-order valence-electron chi connectivity index (χ3n) is 5.72. The molecule has 28 heavy (non-hydrogen) atoms. The van der Waals surface area contributed by atoms with Crippen molar-refractivity contribution in [1.29, 1.82) is 0 Å². The van der Waals surface area contributed by atoms with Gasteiger partial charge in [-0.05, 0) is 37.0 Å². The van der Waals surface area contributed by atoms with Crippen LogP contribution in [0.25, 0.3) is 20.8 Å². The number of fused-ring (bicyclic) bond motifs is 2. The lowest BCUT2D eigenvalue weighted by atomic mass is 9.85. The maximum absolute atomic E-state index is 12.6. The van der Waals surface area contributed by atoms with E-state index in [0.717, 1.165) is 51.5 Å². The van der Waals surface area contributed by atoms with Gasteiger partial charge in [0.2, 0.25) is 11.8 Å². The summed E-state index contributed by atoms with van der Waals surface area (Å²) in [5.74, 6) is 0.354. The predicted molar refractivity (Wildman–Crippen MR) is 114 cm³/mol. The van der Waals surface area contributed by atoms with Crippen molar-refractivity contribution < 1.29 is 9.59 Å². The van der Waals surface area contributed by atoms with Crippen LogP contribution in [0.4, 0.5) is 5.00 Å². The largest absolute Gasteiger partial charge is 0.337 e. The summed E-state index contributed by atoms with van der Waals surface area (Å²) in [5.41, 5.74) is 3.29. The van der Waals surface area contributed by atoms with E-state index < -0.39 is 0 Å². The number of carbonyl (C=O) groups is 2. The molecular formula is C21H21N3O2S2. The Morgan fingerprint density at radius 3 is 2.75 bits per heavy atom. The smallest absolute Gasteiger partial charge is 0.228 e. The Kier molecular flexibility index (Phi) is 4.44. The van der Waals surface area contributed by atoms with E-state index in [-0.39, 0.29) is 17.7 Å². The van der Waals surface area contributed by atoms with Crippen molar-refractivity contribution in [2.45, 2.75) is 39.2 Å². The standard InChI is InChI=1S/C21H21N3O2S2/c1-12(25)24-10-9-14-17(11-24)28-21(23-19(26)13-5-4-6-13)18(14)20-22-15-7-2-3-8-16(15)27-20/h2-3,7-8,13H,4-6,9-11H2,1H3,(H,23,26). The van der Waals surface area contributed by atoms with Crippen LogP contribution in [-0.2, 0) is 22.6 Å². The number of thiophene rings is 1. The van der Waals surface area contributed by atoms with Gasteiger partial charge in [0.15, 0.2) is 0 Å². The number of hydrogen-bond donors (Lipinski definition) is 1. The van der Waals surface area contributed by atoms with Crippen LogP contribution < -0.4 is 5.32 Å². The van der Waals surface area contributed by atoms with E-state index in [9.17, 15) is 9.59 Å². The number of aromatic nitrogens is 1. The second-order valence-corrected chi connectivity index (χ2v) is 9.64. The molecule has 144 valence electrons. The quantitative estimate of drug-likeness (QED) is 0.681. The van der Waals surface area contributed by atoms with E-state index in [4.69, 9.17) is 4.98 Å². The summed E-state index contributed by atoms with van der Waals surface area (Å²) in [4.78, 5) is 32.4. The Labute approximate surface area is 171 Å². The van der Waals surface area contributed by atoms with E-state index >= 15 is 0 Å². The Bertz CT molecular complexity index is 1050. The SMILES string of the molecule is CC(=O)N1CCc2c(sc(NC(=O)C3CCC3)c2-c2nc3ccccc3s2)C1. The maximum Gasteiger partial charge on any atom is 0.228 e. The molecule has 1 aliphatic carbocycles. The lowest BCUT2D eigenvalue weighted by molar-refractivity contribution is -0.129. The summed E-state index contributed by atoms with van der Waals surface area (Å²) >= 11 is 3.28. The van der Waals surface area contributed by atoms with Gasteiger partial charge in [-0.25, -0.2) is 4.98 Å². The van der Waals surface area contributed by atoms with Crippen molar-refractivity contribution in [3.05, 3.63) is 34.7 Å². The molecule has 0 atom stereocenters. The number of nitrogens with zero attached hydrogens (tertiary/aromatic N) is 2. The molecule has 1 aliphatic heterocycles. The monoisotopic (exact) mass is 411 g/mol. The number of rotatable bonds is 3. The summed E-state index contributed by atoms with van der Waals surface area (Å²) in [5, 5.41) is 5.05. The number of carbonyl (C=O) groups excluding carboxylic acids is 2. The fraction of sp³-hybridized carbons (Fsp3) is 0.381. The van der Waals surface area contributed by atoms with Crippen LogP contribution in [0.5, 0.6) is 0 Å². The number of benzene rings is 1. The van der Waals surface area contributed by atoms with Gasteiger partial charge in [-0.2, -0.15) is 0 Å². The van der Waals surface area contributed by atoms with Crippen LogP contribution in [0.1, 0.15) is 36.6 Å². The third kappa shape index (κ3) is 3.02. The molecule has 1 fully saturated rings. The Morgan fingerprint density at radius 2 is 2.04 bits per heavy atom. The zero-order valence-corrected chi connectivity index (χ0v) is 17.3. The second-order valence-electron chi connectivity index (χ2n) is 7.50. The van der Waals surface area contributed by atoms with E-state index in [0.29, 0.717) is 13.1 Å². The fourth-order valence-corrected chi connectivity index (χ4v) is 6.23. The van der Waals surface area contributed by atoms with Gasteiger partial charge in [-0.1, -0.05) is 18.6 Å². The predicted octanol–water partition coefficient (Wildman–Crippen LogP) is 4.67. The van der Waals surface area contributed by atoms with Gasteiger partial charge in [0, 0.05) is 29.8 Å². The minimum absolute atomic E-state index is 0.0978. The molecule has 1 N–H and O–H groups in total. The maximum atomic E-state index is 12.6. The van der Waals surface area contributed by atoms with E-state index in [1.165, 1.54) is 10.4 Å². The van der Waals surface area contributed by atoms with Gasteiger partial charge in [-0.3, -0.25) is 9.59 Å². The van der Waals surface area contributed by atoms with Crippen LogP contribution in [-0.4, -0.2) is 28.2 Å². The van der Waals surface area contributed by atoms with Gasteiger partial charge in [0.05, 0.1) is 16.8 Å². The fourth-order valence-electron chi connectivity index (χ4n) is 3.85. The minimum Gasteiger partial charge on any atom is -0.337 e. The summed E-state index contributed by atoms with van der Waals surface area (Å²) in [7, 11) is 0. The van der Waals surface area contributed by atoms with Crippen LogP contribution in [0, 0.1) is 5.92 Å². The number of amides is 2. The first-order chi connectivity index (χ1) is 13.6. The van der Waals surface area contributed by atoms with Crippen molar-refractivity contribution >= 4 is 49.7 Å². The Morgan fingerprint density at radius 1 is 1.21 bits per heavy atom. The molecule has 0 radical (unpaired) electrons. The molecule has 3 heterocycles. The molecular weight excluding hydrogens is 390 g/mol. The van der Waals surface area contributed by atoms with Crippen molar-refractivity contribution in [1.82, 2.24) is 9.88 Å². The average Bonchev–Trinajstić information content (AvgIpc) is 3.19. The number of thiazole rings is 1. The molecule has 1 aromatic carbocycles. The summed E-state index contributed by atoms with van der Waals surface area (Å²) in [6.45, 7) is 2.95. The average molecular weight is 412 g/mol. The zero-order chi connectivity index (χ0) is 19.3. The number of hydrogen-bond acceptors (Lipinski definition) is 5. The number of anilines is 1. The first-order valence-electron chi connectivity index (χ1n) is 9.67. The molecule has 0 unspecified atom stereocenters. The molecule has 2 amide bonds. The molecule has 5 nitrogen and oxygen atoms in total. The first kappa shape index (κ1) is 17.8. The zero-order valence-electron chi connectivity index (χ0n) is 15.7. The van der Waals surface area contributed by atoms with Crippen LogP contribution in [0.3, 0.4) is 0 Å². The summed E-state index contributed by atoms with van der Waals surface area (Å²) < 4.78 is 1.15. The number of nitrogens with one attached hydrogen (secondary N) is 1. The normalized spacial score (nSPS) is 16.7. The Balaban J connectivity index is 1.58. The van der Waals surface area contributed by atoms with Crippen LogP contribution in [0.2, 0.25) is 0 Å². The van der Waals surface area contributed by atoms with Crippen molar-refractivity contribution in [3.63, 3.8) is 0 Å². The highest BCUT2D eigenvalue weighted by molar-refractivity contribution is 7.22. The Hall–Kier alpha value is -2.25. The lowest BCUT2D eigenvalue weighted by Gasteiger charge is -2.26. The summed E-state index contributed by atoms with van der Waals surface area (Å²) in [6.07, 6.45) is 3.89. The van der Waals surface area contributed by atoms with Gasteiger partial charge in [-0.15, -0.1) is 22.7 Å². The number of para-hydroxylation sites is 1. The van der Waals surface area contributed by atoms with E-state index in [1.807, 2.05) is 23.1 Å². The molecule has 1 saturated carbocycles. The highest BCUT2D eigenvalue weighted by atomic mass is 32.1. The molecule has 2 aliphatic rings. The molecule has 0 bridgehead atoms. The van der Waals surface area contributed by atoms with Gasteiger partial charge < -0.3 is 10.2 Å². The molecule has 2 aromatic heterocycles. The second kappa shape index (κ2) is 6.97. The lowest BCUT2D eigenvalue weighted by Crippen LogP contribution is -2.33. The van der Waals surface area contributed by atoms with Gasteiger partial charge in [0.25, 0.3) is 0 Å². The topological polar surface area (TPSA) is 62.3 Å². The van der Waals surface area contributed by atoms with Crippen molar-refractivity contribution in [2.75, 3.05) is 11.9 Å². The highest BCUT2D eigenvalue weighted by Crippen LogP contribution is 2.46. The first-order valence-corrected chi connectivity index (χ1v) is 11.3. The van der Waals surface area contributed by atoms with Crippen molar-refractivity contribution in [3.8, 4) is 10.6 Å². The molecule has 7 heteroatoms. The van der Waals surface area contributed by atoms with Crippen LogP contribution in [0.15, 0.2) is 24.3 Å². The van der Waals surface area contributed by atoms with Gasteiger partial charge >= 0.3 is 0 Å². The molecule has 0 saturated heterocycles. The summed E-state index contributed by atoms with van der Waals surface area (Å²) in [6, 6.07) is 8.13. The van der Waals surface area contributed by atoms with E-state index in [2.05, 4.69) is 11.4 Å². The third-order valence-corrected chi connectivity index (χ3v) is 7.91. The molecule has 5 rings (SSSR count). The van der Waals surface area contributed by atoms with Crippen LogP contribution >= 0.6 is 22.7 Å².